The summed E-state index contributed by atoms with van der Waals surface area (Å²) in [5, 5.41) is 3.03. The number of benzene rings is 2. The average Bonchev–Trinajstić information content (AvgIpc) is 2.85. The van der Waals surface area contributed by atoms with Crippen LogP contribution < -0.4 is 10.2 Å². The second kappa shape index (κ2) is 10.1. The first-order chi connectivity index (χ1) is 15.8. The third-order valence-electron chi connectivity index (χ3n) is 6.56. The number of Topliss-reactive ketones (excluding diaryl/α,β-unsaturated/α-hetero) is 1. The molecule has 0 aliphatic carbocycles. The molecule has 2 aromatic carbocycles. The van der Waals surface area contributed by atoms with Crippen molar-refractivity contribution in [1.82, 2.24) is 4.31 Å². The van der Waals surface area contributed by atoms with Gasteiger partial charge < -0.3 is 10.2 Å². The van der Waals surface area contributed by atoms with Crippen molar-refractivity contribution in [1.29, 1.82) is 0 Å². The topological polar surface area (TPSA) is 86.8 Å². The van der Waals surface area contributed by atoms with Crippen LogP contribution in [-0.4, -0.2) is 50.6 Å². The van der Waals surface area contributed by atoms with E-state index in [9.17, 15) is 18.0 Å². The fourth-order valence-electron chi connectivity index (χ4n) is 4.55. The zero-order valence-corrected chi connectivity index (χ0v) is 19.8. The standard InChI is InChI=1S/C25H31N3O4S/c1-19(29)20-8-10-24(11-9-20)33(31,32)28-16-12-21(13-17-28)25(30)26-22-6-5-7-23(18-22)27-14-3-2-4-15-27/h5-11,18,21H,2-4,12-17H2,1H3,(H,26,30). The molecule has 0 spiro atoms. The van der Waals surface area contributed by atoms with Crippen LogP contribution in [0.5, 0.6) is 0 Å². The molecule has 0 bridgehead atoms. The van der Waals surface area contributed by atoms with Crippen LogP contribution in [0.15, 0.2) is 53.4 Å². The highest BCUT2D eigenvalue weighted by Gasteiger charge is 2.32. The quantitative estimate of drug-likeness (QED) is 0.648. The van der Waals surface area contributed by atoms with Crippen molar-refractivity contribution in [2.75, 3.05) is 36.4 Å². The minimum Gasteiger partial charge on any atom is -0.371 e. The number of nitrogens with zero attached hydrogens (tertiary/aromatic N) is 2. The Morgan fingerprint density at radius 2 is 1.58 bits per heavy atom. The molecule has 8 heteroatoms. The molecule has 2 aromatic rings. The minimum atomic E-state index is -3.65. The van der Waals surface area contributed by atoms with Crippen LogP contribution >= 0.6 is 0 Å². The van der Waals surface area contributed by atoms with Gasteiger partial charge in [-0.25, -0.2) is 8.42 Å². The van der Waals surface area contributed by atoms with Gasteiger partial charge in [0.05, 0.1) is 4.90 Å². The summed E-state index contributed by atoms with van der Waals surface area (Å²) >= 11 is 0. The van der Waals surface area contributed by atoms with Crippen LogP contribution in [0.1, 0.15) is 49.4 Å². The van der Waals surface area contributed by atoms with Crippen molar-refractivity contribution in [2.45, 2.75) is 43.9 Å². The summed E-state index contributed by atoms with van der Waals surface area (Å²) in [4.78, 5) is 26.8. The molecule has 7 nitrogen and oxygen atoms in total. The Bertz CT molecular complexity index is 1100. The maximum Gasteiger partial charge on any atom is 0.243 e. The Labute approximate surface area is 195 Å². The molecular weight excluding hydrogens is 438 g/mol. The fourth-order valence-corrected chi connectivity index (χ4v) is 6.02. The van der Waals surface area contributed by atoms with Crippen molar-refractivity contribution in [3.63, 3.8) is 0 Å². The molecule has 2 heterocycles. The average molecular weight is 470 g/mol. The van der Waals surface area contributed by atoms with E-state index >= 15 is 0 Å². The van der Waals surface area contributed by atoms with E-state index in [-0.39, 0.29) is 22.5 Å². The van der Waals surface area contributed by atoms with Crippen molar-refractivity contribution >= 4 is 33.1 Å². The molecule has 2 fully saturated rings. The van der Waals surface area contributed by atoms with Gasteiger partial charge >= 0.3 is 0 Å². The number of rotatable bonds is 6. The van der Waals surface area contributed by atoms with Gasteiger partial charge in [0.2, 0.25) is 15.9 Å². The lowest BCUT2D eigenvalue weighted by molar-refractivity contribution is -0.120. The maximum atomic E-state index is 13.0. The first-order valence-electron chi connectivity index (χ1n) is 11.6. The van der Waals surface area contributed by atoms with E-state index in [1.54, 1.807) is 0 Å². The predicted molar refractivity (Wildman–Crippen MR) is 129 cm³/mol. The van der Waals surface area contributed by atoms with E-state index in [4.69, 9.17) is 0 Å². The normalized spacial score (nSPS) is 18.2. The Hall–Kier alpha value is -2.71. The Morgan fingerprint density at radius 1 is 0.909 bits per heavy atom. The fraction of sp³-hybridized carbons (Fsp3) is 0.440. The number of carbonyl (C=O) groups is 2. The molecule has 0 aromatic heterocycles. The van der Waals surface area contributed by atoms with Crippen molar-refractivity contribution in [3.8, 4) is 0 Å². The van der Waals surface area contributed by atoms with E-state index in [1.807, 2.05) is 18.2 Å². The molecule has 0 radical (unpaired) electrons. The van der Waals surface area contributed by atoms with Gasteiger partial charge in [0.25, 0.3) is 0 Å². The van der Waals surface area contributed by atoms with E-state index in [0.717, 1.165) is 24.5 Å². The molecular formula is C25H31N3O4S. The summed E-state index contributed by atoms with van der Waals surface area (Å²) in [6.07, 6.45) is 4.60. The van der Waals surface area contributed by atoms with Gasteiger partial charge in [-0.15, -0.1) is 0 Å². The summed E-state index contributed by atoms with van der Waals surface area (Å²) in [5.74, 6) is -0.393. The highest BCUT2D eigenvalue weighted by atomic mass is 32.2. The number of piperidine rings is 2. The predicted octanol–water partition coefficient (Wildman–Crippen LogP) is 3.92. The monoisotopic (exact) mass is 469 g/mol. The number of hydrogen-bond acceptors (Lipinski definition) is 5. The number of ketones is 1. The van der Waals surface area contributed by atoms with Crippen LogP contribution in [0.3, 0.4) is 0 Å². The molecule has 1 amide bonds. The molecule has 0 saturated carbocycles. The minimum absolute atomic E-state index is 0.0614. The first-order valence-corrected chi connectivity index (χ1v) is 13.1. The van der Waals surface area contributed by atoms with Crippen molar-refractivity contribution in [2.24, 2.45) is 5.92 Å². The van der Waals surface area contributed by atoms with Crippen LogP contribution in [0.4, 0.5) is 11.4 Å². The first kappa shape index (κ1) is 23.4. The van der Waals surface area contributed by atoms with Crippen LogP contribution in [0.25, 0.3) is 0 Å². The molecule has 33 heavy (non-hydrogen) atoms. The lowest BCUT2D eigenvalue weighted by Crippen LogP contribution is -2.41. The Kier molecular flexibility index (Phi) is 7.14. The molecule has 176 valence electrons. The smallest absolute Gasteiger partial charge is 0.243 e. The molecule has 4 rings (SSSR count). The van der Waals surface area contributed by atoms with Gasteiger partial charge in [-0.3, -0.25) is 9.59 Å². The Morgan fingerprint density at radius 3 is 2.21 bits per heavy atom. The highest BCUT2D eigenvalue weighted by molar-refractivity contribution is 7.89. The number of hydrogen-bond donors (Lipinski definition) is 1. The molecule has 1 N–H and O–H groups in total. The lowest BCUT2D eigenvalue weighted by Gasteiger charge is -2.31. The summed E-state index contributed by atoms with van der Waals surface area (Å²) in [5.41, 5.74) is 2.39. The number of carbonyl (C=O) groups excluding carboxylic acids is 2. The lowest BCUT2D eigenvalue weighted by atomic mass is 9.97. The summed E-state index contributed by atoms with van der Waals surface area (Å²) < 4.78 is 27.3. The summed E-state index contributed by atoms with van der Waals surface area (Å²) in [6.45, 7) is 4.12. The second-order valence-electron chi connectivity index (χ2n) is 8.85. The van der Waals surface area contributed by atoms with E-state index in [2.05, 4.69) is 16.3 Å². The van der Waals surface area contributed by atoms with E-state index < -0.39 is 10.0 Å². The zero-order valence-electron chi connectivity index (χ0n) is 19.0. The SMILES string of the molecule is CC(=O)c1ccc(S(=O)(=O)N2CCC(C(=O)Nc3cccc(N4CCCCC4)c3)CC2)cc1. The van der Waals surface area contributed by atoms with Crippen LogP contribution in [0.2, 0.25) is 0 Å². The van der Waals surface area contributed by atoms with Gasteiger partial charge in [-0.05, 0) is 69.4 Å². The number of amides is 1. The van der Waals surface area contributed by atoms with Crippen molar-refractivity contribution < 1.29 is 18.0 Å². The second-order valence-corrected chi connectivity index (χ2v) is 10.8. The summed E-state index contributed by atoms with van der Waals surface area (Å²) in [6, 6.07) is 14.0. The van der Waals surface area contributed by atoms with Gasteiger partial charge in [0.15, 0.2) is 5.78 Å². The molecule has 0 atom stereocenters. The highest BCUT2D eigenvalue weighted by Crippen LogP contribution is 2.27. The van der Waals surface area contributed by atoms with Gasteiger partial charge in [-0.1, -0.05) is 18.2 Å². The van der Waals surface area contributed by atoms with Crippen LogP contribution in [0, 0.1) is 5.92 Å². The van der Waals surface area contributed by atoms with E-state index in [1.165, 1.54) is 54.8 Å². The van der Waals surface area contributed by atoms with E-state index in [0.29, 0.717) is 31.5 Å². The Balaban J connectivity index is 1.35. The number of nitrogens with one attached hydrogen (secondary N) is 1. The third kappa shape index (κ3) is 5.45. The van der Waals surface area contributed by atoms with Gasteiger partial charge in [0.1, 0.15) is 0 Å². The van der Waals surface area contributed by atoms with Gasteiger partial charge in [-0.2, -0.15) is 4.31 Å². The van der Waals surface area contributed by atoms with Crippen LogP contribution in [-0.2, 0) is 14.8 Å². The summed E-state index contributed by atoms with van der Waals surface area (Å²) in [7, 11) is -3.65. The number of anilines is 2. The molecule has 0 unspecified atom stereocenters. The maximum absolute atomic E-state index is 13.0. The molecule has 2 aliphatic rings. The largest absolute Gasteiger partial charge is 0.371 e. The van der Waals surface area contributed by atoms with Gasteiger partial charge in [0, 0.05) is 49.0 Å². The van der Waals surface area contributed by atoms with Crippen molar-refractivity contribution in [3.05, 3.63) is 54.1 Å². The third-order valence-corrected chi connectivity index (χ3v) is 8.47. The zero-order chi connectivity index (χ0) is 23.4. The molecule has 2 aliphatic heterocycles. The molecule has 2 saturated heterocycles. The number of sulfonamides is 1.